The topological polar surface area (TPSA) is 117 Å². The number of alkyl halides is 3. The van der Waals surface area contributed by atoms with Crippen LogP contribution >= 0.6 is 0 Å². The van der Waals surface area contributed by atoms with Gasteiger partial charge >= 0.3 is 12.1 Å². The standard InChI is InChI=1S/C18H15F3N4O4S/c1-29-14(26)10-25-17(18(19,20)21)15(11-6-8-23-9-7-11)16(24-25)12-2-4-13(5-3-12)30(22,27)28/h2-9H,10H2,1H3,(H2,22,27,28). The molecule has 3 aromatic rings. The van der Waals surface area contributed by atoms with Crippen molar-refractivity contribution in [2.75, 3.05) is 7.11 Å². The number of hydrogen-bond acceptors (Lipinski definition) is 6. The summed E-state index contributed by atoms with van der Waals surface area (Å²) in [7, 11) is -2.93. The monoisotopic (exact) mass is 440 g/mol. The fourth-order valence-corrected chi connectivity index (χ4v) is 3.36. The average molecular weight is 440 g/mol. The predicted molar refractivity (Wildman–Crippen MR) is 99.3 cm³/mol. The van der Waals surface area contributed by atoms with Crippen LogP contribution < -0.4 is 5.14 Å². The number of pyridine rings is 1. The van der Waals surface area contributed by atoms with Crippen LogP contribution in [0.5, 0.6) is 0 Å². The normalized spacial score (nSPS) is 12.0. The summed E-state index contributed by atoms with van der Waals surface area (Å²) >= 11 is 0. The van der Waals surface area contributed by atoms with Crippen molar-refractivity contribution in [1.82, 2.24) is 14.8 Å². The molecule has 0 spiro atoms. The Kier molecular flexibility index (Phi) is 5.63. The minimum atomic E-state index is -4.85. The highest BCUT2D eigenvalue weighted by atomic mass is 32.2. The van der Waals surface area contributed by atoms with Gasteiger partial charge in [-0.15, -0.1) is 0 Å². The number of esters is 1. The lowest BCUT2D eigenvalue weighted by Gasteiger charge is -2.12. The SMILES string of the molecule is COC(=O)Cn1nc(-c2ccc(S(N)(=O)=O)cc2)c(-c2ccncc2)c1C(F)(F)F. The van der Waals surface area contributed by atoms with Gasteiger partial charge in [-0.05, 0) is 29.8 Å². The summed E-state index contributed by atoms with van der Waals surface area (Å²) in [5.74, 6) is -0.916. The van der Waals surface area contributed by atoms with Crippen LogP contribution in [0.1, 0.15) is 5.69 Å². The molecule has 3 rings (SSSR count). The Morgan fingerprint density at radius 3 is 2.20 bits per heavy atom. The van der Waals surface area contributed by atoms with Crippen molar-refractivity contribution in [3.63, 3.8) is 0 Å². The molecule has 0 aliphatic carbocycles. The molecule has 0 aliphatic rings. The molecule has 0 amide bonds. The van der Waals surface area contributed by atoms with Crippen LogP contribution in [-0.2, 0) is 32.3 Å². The van der Waals surface area contributed by atoms with Crippen LogP contribution in [-0.4, -0.2) is 36.3 Å². The molecule has 1 aromatic carbocycles. The third-order valence-corrected chi connectivity index (χ3v) is 5.08. The van der Waals surface area contributed by atoms with E-state index >= 15 is 0 Å². The molecule has 0 saturated carbocycles. The summed E-state index contributed by atoms with van der Waals surface area (Å²) in [5, 5.41) is 9.07. The number of rotatable bonds is 5. The zero-order chi connectivity index (χ0) is 22.1. The summed E-state index contributed by atoms with van der Waals surface area (Å²) in [6.07, 6.45) is -2.21. The molecule has 0 aliphatic heterocycles. The van der Waals surface area contributed by atoms with E-state index < -0.39 is 34.4 Å². The molecular formula is C18H15F3N4O4S. The smallest absolute Gasteiger partial charge is 0.433 e. The van der Waals surface area contributed by atoms with E-state index in [1.54, 1.807) is 0 Å². The van der Waals surface area contributed by atoms with E-state index in [0.717, 1.165) is 19.2 Å². The summed E-state index contributed by atoms with van der Waals surface area (Å²) in [6.45, 7) is -0.765. The zero-order valence-electron chi connectivity index (χ0n) is 15.4. The van der Waals surface area contributed by atoms with Gasteiger partial charge in [0, 0.05) is 23.5 Å². The largest absolute Gasteiger partial charge is 0.468 e. The molecule has 2 N–H and O–H groups in total. The molecule has 8 nitrogen and oxygen atoms in total. The fraction of sp³-hybridized carbons (Fsp3) is 0.167. The Hall–Kier alpha value is -3.25. The van der Waals surface area contributed by atoms with E-state index in [0.29, 0.717) is 4.68 Å². The molecular weight excluding hydrogens is 425 g/mol. The third-order valence-electron chi connectivity index (χ3n) is 4.15. The number of carbonyl (C=O) groups is 1. The Bertz CT molecular complexity index is 1170. The number of aromatic nitrogens is 3. The highest BCUT2D eigenvalue weighted by Gasteiger charge is 2.41. The molecule has 0 unspecified atom stereocenters. The average Bonchev–Trinajstić information content (AvgIpc) is 3.07. The van der Waals surface area contributed by atoms with Gasteiger partial charge in [0.05, 0.1) is 12.0 Å². The quantitative estimate of drug-likeness (QED) is 0.609. The molecule has 0 fully saturated rings. The Morgan fingerprint density at radius 2 is 1.70 bits per heavy atom. The van der Waals surface area contributed by atoms with E-state index in [9.17, 15) is 26.4 Å². The zero-order valence-corrected chi connectivity index (χ0v) is 16.2. The summed E-state index contributed by atoms with van der Waals surface area (Å²) in [5.41, 5.74) is -1.16. The van der Waals surface area contributed by atoms with Gasteiger partial charge < -0.3 is 4.74 Å². The minimum absolute atomic E-state index is 0.0987. The number of sulfonamides is 1. The van der Waals surface area contributed by atoms with Crippen LogP contribution in [0.2, 0.25) is 0 Å². The van der Waals surface area contributed by atoms with Crippen molar-refractivity contribution < 1.29 is 31.1 Å². The second-order valence-corrected chi connectivity index (χ2v) is 7.67. The van der Waals surface area contributed by atoms with Crippen LogP contribution in [0.25, 0.3) is 22.4 Å². The summed E-state index contributed by atoms with van der Waals surface area (Å²) < 4.78 is 69.8. The Morgan fingerprint density at radius 1 is 1.10 bits per heavy atom. The highest BCUT2D eigenvalue weighted by molar-refractivity contribution is 7.89. The number of hydrogen-bond donors (Lipinski definition) is 1. The van der Waals surface area contributed by atoms with E-state index in [2.05, 4.69) is 14.8 Å². The number of methoxy groups -OCH3 is 1. The van der Waals surface area contributed by atoms with Gasteiger partial charge in [-0.3, -0.25) is 9.78 Å². The maximum absolute atomic E-state index is 14.0. The van der Waals surface area contributed by atoms with Crippen LogP contribution in [0.4, 0.5) is 13.2 Å². The maximum Gasteiger partial charge on any atom is 0.433 e. The van der Waals surface area contributed by atoms with E-state index in [1.807, 2.05) is 0 Å². The van der Waals surface area contributed by atoms with E-state index in [4.69, 9.17) is 5.14 Å². The van der Waals surface area contributed by atoms with E-state index in [1.165, 1.54) is 36.7 Å². The first kappa shape index (κ1) is 21.5. The molecule has 0 atom stereocenters. The fourth-order valence-electron chi connectivity index (χ4n) is 2.85. The van der Waals surface area contributed by atoms with Gasteiger partial charge in [0.1, 0.15) is 12.2 Å². The second kappa shape index (κ2) is 7.88. The molecule has 2 heterocycles. The first-order chi connectivity index (χ1) is 14.0. The summed E-state index contributed by atoms with van der Waals surface area (Å²) in [4.78, 5) is 15.3. The van der Waals surface area contributed by atoms with Crippen molar-refractivity contribution in [3.8, 4) is 22.4 Å². The van der Waals surface area contributed by atoms with Crippen LogP contribution in [0.3, 0.4) is 0 Å². The lowest BCUT2D eigenvalue weighted by molar-refractivity contribution is -0.148. The Labute approximate surface area is 169 Å². The predicted octanol–water partition coefficient (Wildman–Crippen LogP) is 2.45. The number of primary sulfonamides is 1. The van der Waals surface area contributed by atoms with E-state index in [-0.39, 0.29) is 27.3 Å². The first-order valence-corrected chi connectivity index (χ1v) is 9.85. The number of benzene rings is 1. The molecule has 30 heavy (non-hydrogen) atoms. The maximum atomic E-state index is 14.0. The molecule has 12 heteroatoms. The lowest BCUT2D eigenvalue weighted by Crippen LogP contribution is -2.20. The number of halogens is 3. The summed E-state index contributed by atoms with van der Waals surface area (Å²) in [6, 6.07) is 7.64. The molecule has 0 saturated heterocycles. The number of ether oxygens (including phenoxy) is 1. The van der Waals surface area contributed by atoms with Crippen molar-refractivity contribution >= 4 is 16.0 Å². The lowest BCUT2D eigenvalue weighted by atomic mass is 9.99. The van der Waals surface area contributed by atoms with Gasteiger partial charge in [0.25, 0.3) is 0 Å². The van der Waals surface area contributed by atoms with Crippen molar-refractivity contribution in [3.05, 3.63) is 54.5 Å². The van der Waals surface area contributed by atoms with Gasteiger partial charge in [0.15, 0.2) is 5.69 Å². The molecule has 158 valence electrons. The van der Waals surface area contributed by atoms with Crippen LogP contribution in [0, 0.1) is 0 Å². The number of nitrogens with two attached hydrogens (primary N) is 1. The third kappa shape index (κ3) is 4.33. The number of carbonyl (C=O) groups excluding carboxylic acids is 1. The van der Waals surface area contributed by atoms with Gasteiger partial charge in [-0.1, -0.05) is 12.1 Å². The van der Waals surface area contributed by atoms with Crippen molar-refractivity contribution in [2.24, 2.45) is 5.14 Å². The number of nitrogens with zero attached hydrogens (tertiary/aromatic N) is 3. The van der Waals surface area contributed by atoms with Gasteiger partial charge in [-0.25, -0.2) is 18.2 Å². The van der Waals surface area contributed by atoms with Crippen molar-refractivity contribution in [1.29, 1.82) is 0 Å². The highest BCUT2D eigenvalue weighted by Crippen LogP contribution is 2.42. The minimum Gasteiger partial charge on any atom is -0.468 e. The van der Waals surface area contributed by atoms with Crippen LogP contribution in [0.15, 0.2) is 53.7 Å². The van der Waals surface area contributed by atoms with Gasteiger partial charge in [0.2, 0.25) is 10.0 Å². The Balaban J connectivity index is 2.30. The van der Waals surface area contributed by atoms with Gasteiger partial charge in [-0.2, -0.15) is 18.3 Å². The first-order valence-electron chi connectivity index (χ1n) is 8.31. The van der Waals surface area contributed by atoms with Crippen molar-refractivity contribution in [2.45, 2.75) is 17.6 Å². The molecule has 0 bridgehead atoms. The molecule has 0 radical (unpaired) electrons. The second-order valence-electron chi connectivity index (χ2n) is 6.11. The molecule has 2 aromatic heterocycles.